The average molecular weight is 296 g/mol. The maximum absolute atomic E-state index is 5.93. The van der Waals surface area contributed by atoms with E-state index in [4.69, 9.17) is 16.3 Å². The van der Waals surface area contributed by atoms with Gasteiger partial charge in [-0.2, -0.15) is 0 Å². The van der Waals surface area contributed by atoms with Crippen LogP contribution in [0, 0.1) is 0 Å². The minimum Gasteiger partial charge on any atom is -0.489 e. The lowest BCUT2D eigenvalue weighted by Crippen LogP contribution is -1.95. The molecule has 2 nitrogen and oxygen atoms in total. The van der Waals surface area contributed by atoms with Crippen molar-refractivity contribution in [1.29, 1.82) is 0 Å². The zero-order valence-corrected chi connectivity index (χ0v) is 12.1. The predicted molar refractivity (Wildman–Crippen MR) is 85.5 cm³/mol. The van der Waals surface area contributed by atoms with E-state index < -0.39 is 0 Å². The Morgan fingerprint density at radius 3 is 2.48 bits per heavy atom. The molecule has 3 rings (SSSR count). The highest BCUT2D eigenvalue weighted by molar-refractivity contribution is 6.29. The number of halogens is 1. The summed E-state index contributed by atoms with van der Waals surface area (Å²) in [6.45, 7) is 0.557. The molecule has 0 N–H and O–H groups in total. The van der Waals surface area contributed by atoms with Crippen molar-refractivity contribution in [3.05, 3.63) is 83.6 Å². The summed E-state index contributed by atoms with van der Waals surface area (Å²) in [4.78, 5) is 4.00. The van der Waals surface area contributed by atoms with E-state index in [0.717, 1.165) is 22.4 Å². The van der Waals surface area contributed by atoms with Crippen LogP contribution in [0.3, 0.4) is 0 Å². The van der Waals surface area contributed by atoms with E-state index in [2.05, 4.69) is 4.98 Å². The van der Waals surface area contributed by atoms with Crippen LogP contribution in [0.5, 0.6) is 5.75 Å². The first-order valence-corrected chi connectivity index (χ1v) is 7.08. The van der Waals surface area contributed by atoms with Crippen LogP contribution < -0.4 is 4.74 Å². The molecule has 3 aromatic rings. The van der Waals surface area contributed by atoms with Gasteiger partial charge in [0.25, 0.3) is 0 Å². The molecule has 21 heavy (non-hydrogen) atoms. The van der Waals surface area contributed by atoms with Gasteiger partial charge in [0.1, 0.15) is 17.5 Å². The van der Waals surface area contributed by atoms with Crippen LogP contribution in [0.4, 0.5) is 0 Å². The third kappa shape index (κ3) is 3.61. The first-order valence-electron chi connectivity index (χ1n) is 6.70. The van der Waals surface area contributed by atoms with E-state index in [1.165, 1.54) is 0 Å². The Labute approximate surface area is 129 Å². The van der Waals surface area contributed by atoms with E-state index in [-0.39, 0.29) is 0 Å². The van der Waals surface area contributed by atoms with Crippen LogP contribution in [0.15, 0.2) is 72.9 Å². The van der Waals surface area contributed by atoms with Crippen molar-refractivity contribution in [2.24, 2.45) is 0 Å². The maximum Gasteiger partial charge on any atom is 0.129 e. The topological polar surface area (TPSA) is 22.1 Å². The summed E-state index contributed by atoms with van der Waals surface area (Å²) in [5.41, 5.74) is 3.24. The zero-order valence-electron chi connectivity index (χ0n) is 11.4. The van der Waals surface area contributed by atoms with Gasteiger partial charge >= 0.3 is 0 Å². The van der Waals surface area contributed by atoms with Crippen molar-refractivity contribution in [3.63, 3.8) is 0 Å². The molecule has 0 bridgehead atoms. The van der Waals surface area contributed by atoms with Crippen molar-refractivity contribution >= 4 is 11.6 Å². The molecule has 0 atom stereocenters. The van der Waals surface area contributed by atoms with Crippen molar-refractivity contribution in [3.8, 4) is 16.9 Å². The Kier molecular flexibility index (Phi) is 4.17. The van der Waals surface area contributed by atoms with Crippen LogP contribution in [0.2, 0.25) is 5.15 Å². The maximum atomic E-state index is 5.93. The molecule has 1 aromatic heterocycles. The summed E-state index contributed by atoms with van der Waals surface area (Å²) in [7, 11) is 0. The van der Waals surface area contributed by atoms with Crippen molar-refractivity contribution < 1.29 is 4.74 Å². The molecule has 0 saturated heterocycles. The summed E-state index contributed by atoms with van der Waals surface area (Å²) in [5.74, 6) is 0.837. The van der Waals surface area contributed by atoms with Gasteiger partial charge < -0.3 is 4.74 Å². The van der Waals surface area contributed by atoms with Gasteiger partial charge in [0.05, 0.1) is 0 Å². The Morgan fingerprint density at radius 1 is 0.857 bits per heavy atom. The van der Waals surface area contributed by atoms with Crippen LogP contribution in [-0.4, -0.2) is 4.98 Å². The molecule has 0 aliphatic carbocycles. The van der Waals surface area contributed by atoms with E-state index in [1.54, 1.807) is 6.20 Å². The number of ether oxygens (including phenoxy) is 1. The van der Waals surface area contributed by atoms with Gasteiger partial charge in [0, 0.05) is 6.20 Å². The number of pyridine rings is 1. The van der Waals surface area contributed by atoms with Gasteiger partial charge in [-0.3, -0.25) is 0 Å². The monoisotopic (exact) mass is 295 g/mol. The molecule has 0 radical (unpaired) electrons. The quantitative estimate of drug-likeness (QED) is 0.633. The molecule has 0 unspecified atom stereocenters. The lowest BCUT2D eigenvalue weighted by atomic mass is 10.1. The van der Waals surface area contributed by atoms with Gasteiger partial charge in [0.2, 0.25) is 0 Å². The lowest BCUT2D eigenvalue weighted by molar-refractivity contribution is 0.306. The molecule has 0 amide bonds. The molecular weight excluding hydrogens is 282 g/mol. The number of hydrogen-bond acceptors (Lipinski definition) is 2. The van der Waals surface area contributed by atoms with Gasteiger partial charge in [-0.15, -0.1) is 0 Å². The molecule has 2 aromatic carbocycles. The number of hydrogen-bond donors (Lipinski definition) is 0. The summed E-state index contributed by atoms with van der Waals surface area (Å²) in [6, 6.07) is 21.9. The Hall–Kier alpha value is -2.32. The molecule has 104 valence electrons. The second kappa shape index (κ2) is 6.42. The Morgan fingerprint density at radius 2 is 1.67 bits per heavy atom. The van der Waals surface area contributed by atoms with E-state index >= 15 is 0 Å². The summed E-state index contributed by atoms with van der Waals surface area (Å²) >= 11 is 5.93. The number of aromatic nitrogens is 1. The van der Waals surface area contributed by atoms with Gasteiger partial charge in [0.15, 0.2) is 0 Å². The number of rotatable bonds is 4. The van der Waals surface area contributed by atoms with Gasteiger partial charge in [-0.05, 0) is 41.0 Å². The van der Waals surface area contributed by atoms with Crippen LogP contribution in [0.25, 0.3) is 11.1 Å². The highest BCUT2D eigenvalue weighted by atomic mass is 35.5. The summed E-state index contributed by atoms with van der Waals surface area (Å²) in [6.07, 6.45) is 1.70. The largest absolute Gasteiger partial charge is 0.489 e. The van der Waals surface area contributed by atoms with Crippen molar-refractivity contribution in [2.45, 2.75) is 6.61 Å². The first kappa shape index (κ1) is 13.7. The average Bonchev–Trinajstić information content (AvgIpc) is 2.54. The first-order chi connectivity index (χ1) is 10.3. The highest BCUT2D eigenvalue weighted by Crippen LogP contribution is 2.25. The molecule has 0 fully saturated rings. The Bertz CT molecular complexity index is 728. The van der Waals surface area contributed by atoms with Crippen LogP contribution >= 0.6 is 11.6 Å². The predicted octanol–water partition coefficient (Wildman–Crippen LogP) is 4.98. The smallest absolute Gasteiger partial charge is 0.129 e. The third-order valence-corrected chi connectivity index (χ3v) is 3.35. The van der Waals surface area contributed by atoms with Crippen molar-refractivity contribution in [1.82, 2.24) is 4.98 Å². The van der Waals surface area contributed by atoms with E-state index in [9.17, 15) is 0 Å². The minimum absolute atomic E-state index is 0.489. The van der Waals surface area contributed by atoms with Crippen molar-refractivity contribution in [2.75, 3.05) is 0 Å². The SMILES string of the molecule is Clc1cc(-c2cccc(OCc3ccccc3)c2)ccn1. The normalized spacial score (nSPS) is 10.3. The van der Waals surface area contributed by atoms with E-state index in [1.807, 2.05) is 66.7 Å². The molecule has 0 spiro atoms. The number of benzene rings is 2. The fourth-order valence-electron chi connectivity index (χ4n) is 2.09. The zero-order chi connectivity index (χ0) is 14.5. The van der Waals surface area contributed by atoms with Crippen LogP contribution in [0.1, 0.15) is 5.56 Å². The summed E-state index contributed by atoms with van der Waals surface area (Å²) in [5, 5.41) is 0.489. The van der Waals surface area contributed by atoms with Gasteiger partial charge in [-0.1, -0.05) is 54.1 Å². The highest BCUT2D eigenvalue weighted by Gasteiger charge is 2.02. The molecular formula is C18H14ClNO. The van der Waals surface area contributed by atoms with Crippen LogP contribution in [-0.2, 0) is 6.61 Å². The molecule has 1 heterocycles. The lowest BCUT2D eigenvalue weighted by Gasteiger charge is -2.08. The second-order valence-corrected chi connectivity index (χ2v) is 5.06. The molecule has 3 heteroatoms. The third-order valence-electron chi connectivity index (χ3n) is 3.14. The summed E-state index contributed by atoms with van der Waals surface area (Å²) < 4.78 is 5.84. The Balaban J connectivity index is 1.77. The fourth-order valence-corrected chi connectivity index (χ4v) is 2.26. The van der Waals surface area contributed by atoms with Gasteiger partial charge in [-0.25, -0.2) is 4.98 Å². The molecule has 0 aliphatic heterocycles. The van der Waals surface area contributed by atoms with E-state index in [0.29, 0.717) is 11.8 Å². The number of nitrogens with zero attached hydrogens (tertiary/aromatic N) is 1. The fraction of sp³-hybridized carbons (Fsp3) is 0.0556. The standard InChI is InChI=1S/C18H14ClNO/c19-18-12-16(9-10-20-18)15-7-4-8-17(11-15)21-13-14-5-2-1-3-6-14/h1-12H,13H2. The molecule has 0 aliphatic rings. The molecule has 0 saturated carbocycles. The second-order valence-electron chi connectivity index (χ2n) is 4.67. The minimum atomic E-state index is 0.489.